The Hall–Kier alpha value is -3.17. The van der Waals surface area contributed by atoms with E-state index in [-0.39, 0.29) is 12.9 Å². The van der Waals surface area contributed by atoms with Crippen LogP contribution in [0.15, 0.2) is 24.3 Å². The average Bonchev–Trinajstić information content (AvgIpc) is 3.55. The normalized spacial score (nSPS) is 31.9. The lowest BCUT2D eigenvalue weighted by molar-refractivity contribution is -0.204. The van der Waals surface area contributed by atoms with Gasteiger partial charge in [0.1, 0.15) is 0 Å². The first-order valence-electron chi connectivity index (χ1n) is 14.5. The molecule has 222 valence electrons. The number of carbonyl (C=O) groups is 1. The minimum absolute atomic E-state index is 0.0553. The van der Waals surface area contributed by atoms with Gasteiger partial charge in [0.2, 0.25) is 18.8 Å². The van der Waals surface area contributed by atoms with Gasteiger partial charge >= 0.3 is 5.97 Å². The summed E-state index contributed by atoms with van der Waals surface area (Å²) in [6, 6.07) is 7.40. The van der Waals surface area contributed by atoms with Gasteiger partial charge in [0.25, 0.3) is 0 Å². The van der Waals surface area contributed by atoms with Crippen LogP contribution in [0.1, 0.15) is 68.7 Å². The third kappa shape index (κ3) is 4.67. The molecule has 1 saturated heterocycles. The van der Waals surface area contributed by atoms with Crippen molar-refractivity contribution in [1.29, 1.82) is 0 Å². The fraction of sp³-hybridized carbons (Fsp3) is 0.594. The van der Waals surface area contributed by atoms with Crippen molar-refractivity contribution in [2.75, 3.05) is 28.1 Å². The Bertz CT molecular complexity index is 1280. The lowest BCUT2D eigenvalue weighted by atomic mass is 9.65. The van der Waals surface area contributed by atoms with Crippen LogP contribution in [0.4, 0.5) is 0 Å². The Morgan fingerprint density at radius 1 is 0.927 bits per heavy atom. The molecule has 0 spiro atoms. The summed E-state index contributed by atoms with van der Waals surface area (Å²) in [4.78, 5) is 13.8. The highest BCUT2D eigenvalue weighted by Gasteiger charge is 2.58. The number of hydrogen-bond donors (Lipinski definition) is 1. The molecule has 2 heterocycles. The van der Waals surface area contributed by atoms with Gasteiger partial charge in [-0.15, -0.1) is 0 Å². The molecule has 0 bridgehead atoms. The van der Waals surface area contributed by atoms with Gasteiger partial charge in [-0.25, -0.2) is 0 Å². The summed E-state index contributed by atoms with van der Waals surface area (Å²) in [5.41, 5.74) is 2.20. The topological polar surface area (TPSA) is 102 Å². The molecule has 2 aromatic rings. The summed E-state index contributed by atoms with van der Waals surface area (Å²) >= 11 is 0. The van der Waals surface area contributed by atoms with Gasteiger partial charge in [0.05, 0.1) is 45.4 Å². The van der Waals surface area contributed by atoms with Crippen LogP contribution in [0.25, 0.3) is 0 Å². The van der Waals surface area contributed by atoms with Gasteiger partial charge in [-0.1, -0.05) is 27.2 Å². The maximum atomic E-state index is 13.8. The number of benzene rings is 2. The minimum atomic E-state index is -1.00. The van der Waals surface area contributed by atoms with Crippen LogP contribution in [-0.4, -0.2) is 51.6 Å². The second-order valence-electron chi connectivity index (χ2n) is 12.1. The molecule has 6 rings (SSSR count). The molecule has 4 aliphatic rings. The second kappa shape index (κ2) is 10.9. The van der Waals surface area contributed by atoms with Gasteiger partial charge in [-0.05, 0) is 71.6 Å². The van der Waals surface area contributed by atoms with E-state index in [1.165, 1.54) is 0 Å². The summed E-state index contributed by atoms with van der Waals surface area (Å²) in [6.07, 6.45) is 1.20. The monoisotopic (exact) mass is 568 g/mol. The molecule has 0 unspecified atom stereocenters. The van der Waals surface area contributed by atoms with Crippen molar-refractivity contribution in [3.8, 4) is 28.7 Å². The van der Waals surface area contributed by atoms with E-state index in [0.29, 0.717) is 52.1 Å². The maximum Gasteiger partial charge on any atom is 0.312 e. The highest BCUT2D eigenvalue weighted by Crippen LogP contribution is 2.57. The molecule has 0 aromatic heterocycles. The fourth-order valence-corrected chi connectivity index (χ4v) is 7.43. The molecule has 0 amide bonds. The number of carbonyl (C=O) groups excluding carboxylic acids is 1. The highest BCUT2D eigenvalue weighted by atomic mass is 16.7. The molecule has 1 N–H and O–H groups in total. The van der Waals surface area contributed by atoms with E-state index in [4.69, 9.17) is 33.2 Å². The van der Waals surface area contributed by atoms with E-state index < -0.39 is 36.1 Å². The quantitative estimate of drug-likeness (QED) is 0.451. The van der Waals surface area contributed by atoms with Crippen molar-refractivity contribution in [3.05, 3.63) is 41.0 Å². The van der Waals surface area contributed by atoms with Gasteiger partial charge in [0, 0.05) is 5.92 Å². The first-order valence-corrected chi connectivity index (χ1v) is 14.5. The molecule has 8 atom stereocenters. The molecule has 9 heteroatoms. The van der Waals surface area contributed by atoms with E-state index in [1.807, 2.05) is 24.3 Å². The van der Waals surface area contributed by atoms with Crippen molar-refractivity contribution in [2.45, 2.75) is 64.4 Å². The maximum absolute atomic E-state index is 13.8. The Labute approximate surface area is 241 Å². The van der Waals surface area contributed by atoms with Gasteiger partial charge in [-0.2, -0.15) is 0 Å². The zero-order valence-electron chi connectivity index (χ0n) is 24.5. The lowest BCUT2D eigenvalue weighted by Crippen LogP contribution is -2.42. The van der Waals surface area contributed by atoms with Crippen molar-refractivity contribution >= 4 is 5.97 Å². The van der Waals surface area contributed by atoms with Crippen LogP contribution in [0.2, 0.25) is 0 Å². The summed E-state index contributed by atoms with van der Waals surface area (Å²) in [7, 11) is 4.67. The lowest BCUT2D eigenvalue weighted by Gasteiger charge is -2.41. The number of aliphatic hydroxyl groups is 1. The summed E-state index contributed by atoms with van der Waals surface area (Å²) in [5.74, 6) is 1.64. The number of aliphatic hydroxyl groups excluding tert-OH is 1. The van der Waals surface area contributed by atoms with Gasteiger partial charge < -0.3 is 38.3 Å². The molecule has 2 aromatic carbocycles. The Kier molecular flexibility index (Phi) is 7.44. The summed E-state index contributed by atoms with van der Waals surface area (Å²) < 4.78 is 41.0. The molecule has 9 nitrogen and oxygen atoms in total. The first-order chi connectivity index (χ1) is 19.7. The van der Waals surface area contributed by atoms with Crippen molar-refractivity contribution in [1.82, 2.24) is 0 Å². The SMILES string of the molecule is COc1cc([C@H]2c3cc4c(cc3[C@H](O)[C@H]3[C@@H](O[C@@H]5C[C@H](C)CC[C@H]5C(C)C)OC(=O)[C@@H]23)OCO4)cc(OC)c1OC. The zero-order valence-corrected chi connectivity index (χ0v) is 24.5. The minimum Gasteiger partial charge on any atom is -0.493 e. The van der Waals surface area contributed by atoms with Crippen LogP contribution in [0.5, 0.6) is 28.7 Å². The Balaban J connectivity index is 1.46. The van der Waals surface area contributed by atoms with Crippen LogP contribution in [0, 0.1) is 29.6 Å². The first kappa shape index (κ1) is 28.0. The van der Waals surface area contributed by atoms with Crippen molar-refractivity contribution < 1.29 is 43.1 Å². The van der Waals surface area contributed by atoms with E-state index in [1.54, 1.807) is 21.3 Å². The van der Waals surface area contributed by atoms with E-state index in [0.717, 1.165) is 30.4 Å². The third-order valence-electron chi connectivity index (χ3n) is 9.51. The molecule has 2 fully saturated rings. The Morgan fingerprint density at radius 2 is 1.59 bits per heavy atom. The number of ether oxygens (including phenoxy) is 7. The molecule has 0 radical (unpaired) electrons. The Morgan fingerprint density at radius 3 is 2.20 bits per heavy atom. The predicted molar refractivity (Wildman–Crippen MR) is 149 cm³/mol. The van der Waals surface area contributed by atoms with Crippen LogP contribution in [0.3, 0.4) is 0 Å². The van der Waals surface area contributed by atoms with Crippen LogP contribution < -0.4 is 23.7 Å². The number of rotatable bonds is 7. The van der Waals surface area contributed by atoms with E-state index in [9.17, 15) is 9.90 Å². The number of methoxy groups -OCH3 is 3. The molecular weight excluding hydrogens is 528 g/mol. The summed E-state index contributed by atoms with van der Waals surface area (Å²) in [6.45, 7) is 6.77. The number of esters is 1. The standard InChI is InChI=1S/C32H40O9/c1-15(2)18-8-7-16(3)9-21(18)40-32-28-27(31(34)41-32)26(17-10-24(35-4)30(37-6)25(11-17)36-5)19-12-22-23(39-14-38-22)13-20(19)29(28)33/h10-13,15-16,18,21,26-29,32-33H,7-9,14H2,1-6H3/t16-,18+,21-,26+,27+,28+,29+,32+/m1/s1. The largest absolute Gasteiger partial charge is 0.493 e. The predicted octanol–water partition coefficient (Wildman–Crippen LogP) is 5.21. The molecular formula is C32H40O9. The fourth-order valence-electron chi connectivity index (χ4n) is 7.43. The molecule has 2 aliphatic carbocycles. The van der Waals surface area contributed by atoms with Crippen LogP contribution >= 0.6 is 0 Å². The smallest absolute Gasteiger partial charge is 0.312 e. The van der Waals surface area contributed by atoms with Gasteiger partial charge in [0.15, 0.2) is 23.0 Å². The third-order valence-corrected chi connectivity index (χ3v) is 9.51. The highest BCUT2D eigenvalue weighted by molar-refractivity contribution is 5.79. The summed E-state index contributed by atoms with van der Waals surface area (Å²) in [5, 5.41) is 11.9. The van der Waals surface area contributed by atoms with Crippen molar-refractivity contribution in [2.24, 2.45) is 29.6 Å². The van der Waals surface area contributed by atoms with Crippen LogP contribution in [-0.2, 0) is 14.3 Å². The molecule has 1 saturated carbocycles. The molecule has 41 heavy (non-hydrogen) atoms. The molecule has 2 aliphatic heterocycles. The zero-order chi connectivity index (χ0) is 29.0. The average molecular weight is 569 g/mol. The number of cyclic esters (lactones) is 1. The van der Waals surface area contributed by atoms with E-state index >= 15 is 0 Å². The van der Waals surface area contributed by atoms with Gasteiger partial charge in [-0.3, -0.25) is 4.79 Å². The van der Waals surface area contributed by atoms with E-state index in [2.05, 4.69) is 20.8 Å². The van der Waals surface area contributed by atoms with Crippen molar-refractivity contribution in [3.63, 3.8) is 0 Å². The number of fused-ring (bicyclic) bond motifs is 3. The number of hydrogen-bond acceptors (Lipinski definition) is 9. The second-order valence-corrected chi connectivity index (χ2v) is 12.1.